The van der Waals surface area contributed by atoms with E-state index < -0.39 is 27.8 Å². The normalized spacial score (nSPS) is 12.4. The summed E-state index contributed by atoms with van der Waals surface area (Å²) in [4.78, 5) is 6.62. The van der Waals surface area contributed by atoms with Gasteiger partial charge in [0.05, 0.1) is 6.26 Å². The Balaban J connectivity index is 2.67. The van der Waals surface area contributed by atoms with Gasteiger partial charge in [-0.2, -0.15) is 18.2 Å². The van der Waals surface area contributed by atoms with Crippen LogP contribution in [-0.2, 0) is 16.2 Å². The van der Waals surface area contributed by atoms with E-state index in [4.69, 9.17) is 5.73 Å². The van der Waals surface area contributed by atoms with Gasteiger partial charge in [0, 0.05) is 19.2 Å². The second kappa shape index (κ2) is 5.57. The molecule has 0 aliphatic carbocycles. The molecule has 1 aromatic rings. The summed E-state index contributed by atoms with van der Waals surface area (Å²) in [7, 11) is -3.35. The van der Waals surface area contributed by atoms with Gasteiger partial charge in [0.1, 0.15) is 5.82 Å². The van der Waals surface area contributed by atoms with Gasteiger partial charge in [-0.3, -0.25) is 0 Å². The van der Waals surface area contributed by atoms with E-state index in [9.17, 15) is 21.6 Å². The average molecular weight is 299 g/mol. The third-order valence-electron chi connectivity index (χ3n) is 1.83. The summed E-state index contributed by atoms with van der Waals surface area (Å²) in [6.45, 7) is 0.0604. The number of hydrogen-bond acceptors (Lipinski definition) is 6. The second-order valence-corrected chi connectivity index (χ2v) is 5.42. The molecular formula is C8H12F3N5O2S. The largest absolute Gasteiger partial charge is 0.433 e. The van der Waals surface area contributed by atoms with Crippen LogP contribution in [0, 0.1) is 0 Å². The Morgan fingerprint density at radius 2 is 1.95 bits per heavy atom. The molecule has 0 fully saturated rings. The zero-order valence-corrected chi connectivity index (χ0v) is 10.6. The predicted octanol–water partition coefficient (Wildman–Crippen LogP) is 0.0387. The molecule has 4 N–H and O–H groups in total. The van der Waals surface area contributed by atoms with E-state index >= 15 is 0 Å². The summed E-state index contributed by atoms with van der Waals surface area (Å²) in [5.41, 5.74) is 3.99. The third-order valence-corrected chi connectivity index (χ3v) is 2.56. The van der Waals surface area contributed by atoms with Crippen molar-refractivity contribution in [2.75, 3.05) is 30.4 Å². The molecule has 11 heteroatoms. The van der Waals surface area contributed by atoms with E-state index in [0.717, 1.165) is 6.26 Å². The van der Waals surface area contributed by atoms with E-state index in [1.54, 1.807) is 0 Å². The number of hydrogen-bond donors (Lipinski definition) is 3. The zero-order chi connectivity index (χ0) is 14.7. The molecule has 0 aromatic carbocycles. The van der Waals surface area contributed by atoms with Crippen molar-refractivity contribution < 1.29 is 21.6 Å². The summed E-state index contributed by atoms with van der Waals surface area (Å²) in [5.74, 6) is -0.650. The van der Waals surface area contributed by atoms with Crippen LogP contribution in [0.25, 0.3) is 0 Å². The van der Waals surface area contributed by atoms with Crippen LogP contribution in [-0.4, -0.2) is 37.7 Å². The molecule has 1 aromatic heterocycles. The maximum atomic E-state index is 12.4. The van der Waals surface area contributed by atoms with Gasteiger partial charge in [-0.15, -0.1) is 0 Å². The van der Waals surface area contributed by atoms with E-state index in [0.29, 0.717) is 6.07 Å². The molecule has 0 saturated carbocycles. The summed E-state index contributed by atoms with van der Waals surface area (Å²) in [6.07, 6.45) is -3.66. The smallest absolute Gasteiger partial charge is 0.369 e. The number of nitrogen functional groups attached to an aromatic ring is 1. The van der Waals surface area contributed by atoms with Gasteiger partial charge < -0.3 is 11.1 Å². The second-order valence-electron chi connectivity index (χ2n) is 3.59. The monoisotopic (exact) mass is 299 g/mol. The number of sulfonamides is 1. The molecule has 0 spiro atoms. The Kier molecular flexibility index (Phi) is 4.52. The van der Waals surface area contributed by atoms with Crippen LogP contribution >= 0.6 is 0 Å². The van der Waals surface area contributed by atoms with Crippen LogP contribution in [0.3, 0.4) is 0 Å². The molecule has 0 radical (unpaired) electrons. The van der Waals surface area contributed by atoms with Gasteiger partial charge in [-0.25, -0.2) is 18.1 Å². The van der Waals surface area contributed by atoms with Gasteiger partial charge >= 0.3 is 6.18 Å². The Morgan fingerprint density at radius 3 is 2.47 bits per heavy atom. The molecule has 19 heavy (non-hydrogen) atoms. The first kappa shape index (κ1) is 15.4. The van der Waals surface area contributed by atoms with Crippen LogP contribution in [0.15, 0.2) is 6.07 Å². The lowest BCUT2D eigenvalue weighted by molar-refractivity contribution is -0.141. The number of nitrogens with one attached hydrogen (secondary N) is 2. The van der Waals surface area contributed by atoms with E-state index in [-0.39, 0.29) is 18.9 Å². The van der Waals surface area contributed by atoms with Crippen molar-refractivity contribution >= 4 is 21.8 Å². The van der Waals surface area contributed by atoms with Gasteiger partial charge in [0.15, 0.2) is 5.69 Å². The van der Waals surface area contributed by atoms with E-state index in [1.807, 2.05) is 0 Å². The molecule has 0 bridgehead atoms. The van der Waals surface area contributed by atoms with Gasteiger partial charge in [0.2, 0.25) is 16.0 Å². The highest BCUT2D eigenvalue weighted by Gasteiger charge is 2.33. The van der Waals surface area contributed by atoms with Crippen molar-refractivity contribution in [3.63, 3.8) is 0 Å². The first-order chi connectivity index (χ1) is 8.58. The van der Waals surface area contributed by atoms with E-state index in [1.165, 1.54) is 0 Å². The fraction of sp³-hybridized carbons (Fsp3) is 0.500. The minimum Gasteiger partial charge on any atom is -0.369 e. The highest BCUT2D eigenvalue weighted by atomic mass is 32.2. The molecule has 1 heterocycles. The lowest BCUT2D eigenvalue weighted by atomic mass is 10.4. The van der Waals surface area contributed by atoms with Crippen LogP contribution in [0.4, 0.5) is 24.9 Å². The molecule has 7 nitrogen and oxygen atoms in total. The minimum atomic E-state index is -4.63. The van der Waals surface area contributed by atoms with Gasteiger partial charge in [-0.1, -0.05) is 0 Å². The molecule has 108 valence electrons. The van der Waals surface area contributed by atoms with Crippen molar-refractivity contribution in [3.8, 4) is 0 Å². The van der Waals surface area contributed by atoms with Crippen LogP contribution < -0.4 is 15.8 Å². The lowest BCUT2D eigenvalue weighted by Crippen LogP contribution is -2.28. The first-order valence-electron chi connectivity index (χ1n) is 4.98. The highest BCUT2D eigenvalue weighted by molar-refractivity contribution is 7.88. The van der Waals surface area contributed by atoms with Gasteiger partial charge in [0.25, 0.3) is 0 Å². The van der Waals surface area contributed by atoms with E-state index in [2.05, 4.69) is 20.0 Å². The van der Waals surface area contributed by atoms with Crippen LogP contribution in [0.1, 0.15) is 5.69 Å². The Labute approximate surface area is 107 Å². The van der Waals surface area contributed by atoms with Crippen LogP contribution in [0.2, 0.25) is 0 Å². The topological polar surface area (TPSA) is 110 Å². The molecule has 0 atom stereocenters. The summed E-state index contributed by atoms with van der Waals surface area (Å²) in [6, 6.07) is 0.691. The predicted molar refractivity (Wildman–Crippen MR) is 62.8 cm³/mol. The summed E-state index contributed by atoms with van der Waals surface area (Å²) >= 11 is 0. The molecule has 0 aliphatic heterocycles. The fourth-order valence-corrected chi connectivity index (χ4v) is 1.60. The maximum absolute atomic E-state index is 12.4. The quantitative estimate of drug-likeness (QED) is 0.662. The van der Waals surface area contributed by atoms with Crippen molar-refractivity contribution in [1.29, 1.82) is 0 Å². The van der Waals surface area contributed by atoms with Crippen molar-refractivity contribution in [3.05, 3.63) is 11.8 Å². The maximum Gasteiger partial charge on any atom is 0.433 e. The average Bonchev–Trinajstić information content (AvgIpc) is 2.21. The van der Waals surface area contributed by atoms with Crippen LogP contribution in [0.5, 0.6) is 0 Å². The lowest BCUT2D eigenvalue weighted by Gasteiger charge is -2.10. The van der Waals surface area contributed by atoms with Crippen molar-refractivity contribution in [1.82, 2.24) is 14.7 Å². The third kappa shape index (κ3) is 5.70. The zero-order valence-electron chi connectivity index (χ0n) is 9.82. The molecule has 0 amide bonds. The SMILES string of the molecule is CS(=O)(=O)NCCNc1cc(C(F)(F)F)nc(N)n1. The number of halogens is 3. The number of rotatable bonds is 5. The number of aromatic nitrogens is 2. The number of alkyl halides is 3. The summed E-state index contributed by atoms with van der Waals surface area (Å²) < 4.78 is 60.9. The number of anilines is 2. The molecular weight excluding hydrogens is 287 g/mol. The Hall–Kier alpha value is -1.62. The van der Waals surface area contributed by atoms with Gasteiger partial charge in [-0.05, 0) is 0 Å². The number of nitrogens with zero attached hydrogens (tertiary/aromatic N) is 2. The molecule has 0 unspecified atom stereocenters. The summed E-state index contributed by atoms with van der Waals surface area (Å²) in [5, 5.41) is 2.51. The highest BCUT2D eigenvalue weighted by Crippen LogP contribution is 2.29. The van der Waals surface area contributed by atoms with Crippen molar-refractivity contribution in [2.45, 2.75) is 6.18 Å². The Bertz CT molecular complexity index is 546. The van der Waals surface area contributed by atoms with Crippen molar-refractivity contribution in [2.24, 2.45) is 0 Å². The minimum absolute atomic E-state index is 0.00406. The number of nitrogens with two attached hydrogens (primary N) is 1. The fourth-order valence-electron chi connectivity index (χ4n) is 1.13. The molecule has 0 saturated heterocycles. The first-order valence-corrected chi connectivity index (χ1v) is 6.87. The Morgan fingerprint density at radius 1 is 1.32 bits per heavy atom. The standard InChI is InChI=1S/C8H12F3N5O2S/c1-19(17,18)14-3-2-13-6-4-5(8(9,10)11)15-7(12)16-6/h4,14H,2-3H2,1H3,(H3,12,13,15,16). The molecule has 0 aliphatic rings. The molecule has 1 rings (SSSR count).